The molecule has 4 aromatic rings. The van der Waals surface area contributed by atoms with Gasteiger partial charge in [0.1, 0.15) is 11.6 Å². The molecule has 5 rings (SSSR count). The van der Waals surface area contributed by atoms with Gasteiger partial charge in [-0.3, -0.25) is 14.5 Å². The fourth-order valence-corrected chi connectivity index (χ4v) is 3.92. The molecule has 35 heavy (non-hydrogen) atoms. The van der Waals surface area contributed by atoms with Crippen LogP contribution in [-0.4, -0.2) is 36.2 Å². The minimum atomic E-state index is -0.881. The second kappa shape index (κ2) is 9.80. The van der Waals surface area contributed by atoms with Gasteiger partial charge in [-0.1, -0.05) is 47.6 Å². The van der Waals surface area contributed by atoms with E-state index in [1.807, 2.05) is 30.3 Å². The third-order valence-corrected chi connectivity index (χ3v) is 5.73. The average Bonchev–Trinajstić information content (AvgIpc) is 3.39. The molecule has 2 heterocycles. The van der Waals surface area contributed by atoms with E-state index in [1.54, 1.807) is 36.4 Å². The summed E-state index contributed by atoms with van der Waals surface area (Å²) in [5, 5.41) is 6.81. The number of ether oxygens (including phenoxy) is 1. The molecule has 176 valence electrons. The predicted octanol–water partition coefficient (Wildman–Crippen LogP) is 4.25. The summed E-state index contributed by atoms with van der Waals surface area (Å²) in [6, 6.07) is 24.1. The monoisotopic (exact) mass is 471 g/mol. The maximum absolute atomic E-state index is 13.4. The van der Waals surface area contributed by atoms with Crippen molar-refractivity contribution in [2.75, 3.05) is 18.0 Å². The maximum Gasteiger partial charge on any atom is 0.280 e. The van der Waals surface area contributed by atoms with Crippen molar-refractivity contribution >= 4 is 17.5 Å². The van der Waals surface area contributed by atoms with E-state index in [1.165, 1.54) is 23.1 Å². The zero-order valence-corrected chi connectivity index (χ0v) is 18.7. The van der Waals surface area contributed by atoms with Crippen LogP contribution in [-0.2, 0) is 11.2 Å². The zero-order valence-electron chi connectivity index (χ0n) is 18.7. The molecule has 0 fully saturated rings. The van der Waals surface area contributed by atoms with Crippen LogP contribution < -0.4 is 15.0 Å². The Labute approximate surface area is 201 Å². The van der Waals surface area contributed by atoms with Crippen molar-refractivity contribution in [3.05, 3.63) is 102 Å². The Bertz CT molecular complexity index is 1340. The Morgan fingerprint density at radius 1 is 1.00 bits per heavy atom. The fraction of sp³-hybridized carbons (Fsp3) is 0.148. The van der Waals surface area contributed by atoms with Gasteiger partial charge in [-0.15, -0.1) is 0 Å². The van der Waals surface area contributed by atoms with Gasteiger partial charge in [-0.05, 0) is 48.4 Å². The number of nitrogens with zero attached hydrogens (tertiary/aromatic N) is 2. The van der Waals surface area contributed by atoms with Crippen molar-refractivity contribution in [1.82, 2.24) is 10.5 Å². The zero-order chi connectivity index (χ0) is 24.2. The van der Waals surface area contributed by atoms with E-state index < -0.39 is 12.0 Å². The molecule has 8 heteroatoms. The summed E-state index contributed by atoms with van der Waals surface area (Å²) in [6.45, 7) is 0.467. The molecule has 0 radical (unpaired) electrons. The smallest absolute Gasteiger partial charge is 0.280 e. The lowest BCUT2D eigenvalue weighted by Crippen LogP contribution is -2.51. The molecule has 1 aromatic heterocycles. The second-order valence-corrected chi connectivity index (χ2v) is 8.10. The number of amides is 2. The van der Waals surface area contributed by atoms with E-state index in [2.05, 4.69) is 10.5 Å². The molecule has 2 amide bonds. The fourth-order valence-electron chi connectivity index (χ4n) is 3.92. The van der Waals surface area contributed by atoms with Crippen LogP contribution in [0.3, 0.4) is 0 Å². The van der Waals surface area contributed by atoms with Gasteiger partial charge in [0.05, 0.1) is 12.2 Å². The number of rotatable bonds is 6. The van der Waals surface area contributed by atoms with E-state index in [-0.39, 0.29) is 24.0 Å². The first-order valence-corrected chi connectivity index (χ1v) is 11.2. The van der Waals surface area contributed by atoms with Crippen LogP contribution in [0.5, 0.6) is 5.75 Å². The van der Waals surface area contributed by atoms with Crippen molar-refractivity contribution < 1.29 is 23.2 Å². The number of halogens is 1. The minimum Gasteiger partial charge on any atom is -0.477 e. The van der Waals surface area contributed by atoms with Crippen LogP contribution in [0.15, 0.2) is 89.5 Å². The Balaban J connectivity index is 1.32. The number of aromatic nitrogens is 1. The first kappa shape index (κ1) is 22.3. The van der Waals surface area contributed by atoms with E-state index in [0.29, 0.717) is 35.7 Å². The molecule has 1 atom stereocenters. The molecule has 1 aliphatic rings. The molecule has 0 bridgehead atoms. The molecule has 1 unspecified atom stereocenters. The standard InChI is InChI=1S/C27H22FN3O4/c28-20-12-10-19(11-13-20)24-16-21(30-35-24)27(33)31-17-25(34-23-9-5-4-8-22(23)31)26(32)29-15-14-18-6-2-1-3-7-18/h1-13,16,25H,14-15,17H2,(H,29,32). The van der Waals surface area contributed by atoms with E-state index in [4.69, 9.17) is 9.26 Å². The van der Waals surface area contributed by atoms with Crippen molar-refractivity contribution in [3.63, 3.8) is 0 Å². The van der Waals surface area contributed by atoms with Gasteiger partial charge in [-0.25, -0.2) is 4.39 Å². The Morgan fingerprint density at radius 2 is 1.74 bits per heavy atom. The number of hydrogen-bond acceptors (Lipinski definition) is 5. The normalized spacial score (nSPS) is 14.7. The summed E-state index contributed by atoms with van der Waals surface area (Å²) in [4.78, 5) is 27.7. The second-order valence-electron chi connectivity index (χ2n) is 8.10. The molecule has 0 aliphatic carbocycles. The third-order valence-electron chi connectivity index (χ3n) is 5.73. The Hall–Kier alpha value is -4.46. The summed E-state index contributed by atoms with van der Waals surface area (Å²) in [7, 11) is 0. The van der Waals surface area contributed by atoms with Crippen LogP contribution >= 0.6 is 0 Å². The average molecular weight is 471 g/mol. The highest BCUT2D eigenvalue weighted by Crippen LogP contribution is 2.34. The summed E-state index contributed by atoms with van der Waals surface area (Å²) in [5.41, 5.74) is 2.32. The summed E-state index contributed by atoms with van der Waals surface area (Å²) < 4.78 is 24.5. The summed E-state index contributed by atoms with van der Waals surface area (Å²) in [6.07, 6.45) is -0.197. The van der Waals surface area contributed by atoms with Crippen LogP contribution in [0, 0.1) is 5.82 Å². The Kier molecular flexibility index (Phi) is 6.26. The lowest BCUT2D eigenvalue weighted by atomic mass is 10.1. The highest BCUT2D eigenvalue weighted by atomic mass is 19.1. The van der Waals surface area contributed by atoms with Crippen molar-refractivity contribution in [2.45, 2.75) is 12.5 Å². The van der Waals surface area contributed by atoms with E-state index in [0.717, 1.165) is 5.56 Å². The predicted molar refractivity (Wildman–Crippen MR) is 128 cm³/mol. The number of anilines is 1. The van der Waals surface area contributed by atoms with Crippen molar-refractivity contribution in [3.8, 4) is 17.1 Å². The number of fused-ring (bicyclic) bond motifs is 1. The first-order chi connectivity index (χ1) is 17.1. The minimum absolute atomic E-state index is 0.0196. The number of hydrogen-bond donors (Lipinski definition) is 1. The van der Waals surface area contributed by atoms with Crippen molar-refractivity contribution in [2.24, 2.45) is 0 Å². The number of carbonyl (C=O) groups excluding carboxylic acids is 2. The van der Waals surface area contributed by atoms with Gasteiger partial charge in [0.15, 0.2) is 17.6 Å². The van der Waals surface area contributed by atoms with Crippen LogP contribution in [0.4, 0.5) is 10.1 Å². The molecule has 7 nitrogen and oxygen atoms in total. The molecule has 1 N–H and O–H groups in total. The number of benzene rings is 3. The largest absolute Gasteiger partial charge is 0.477 e. The molecule has 3 aromatic carbocycles. The summed E-state index contributed by atoms with van der Waals surface area (Å²) in [5.74, 6) is -0.342. The topological polar surface area (TPSA) is 84.7 Å². The van der Waals surface area contributed by atoms with Gasteiger partial charge >= 0.3 is 0 Å². The number of carbonyl (C=O) groups is 2. The highest BCUT2D eigenvalue weighted by molar-refractivity contribution is 6.07. The first-order valence-electron chi connectivity index (χ1n) is 11.2. The van der Waals surface area contributed by atoms with E-state index in [9.17, 15) is 14.0 Å². The van der Waals surface area contributed by atoms with Gasteiger partial charge in [-0.2, -0.15) is 0 Å². The van der Waals surface area contributed by atoms with Gasteiger partial charge < -0.3 is 14.6 Å². The molecule has 1 aliphatic heterocycles. The van der Waals surface area contributed by atoms with Gasteiger partial charge in [0.25, 0.3) is 11.8 Å². The SMILES string of the molecule is O=C(NCCc1ccccc1)C1CN(C(=O)c2cc(-c3ccc(F)cc3)on2)c2ccccc2O1. The quantitative estimate of drug-likeness (QED) is 0.455. The molecule has 0 spiro atoms. The molecule has 0 saturated heterocycles. The van der Waals surface area contributed by atoms with Crippen molar-refractivity contribution in [1.29, 1.82) is 0 Å². The van der Waals surface area contributed by atoms with Crippen LogP contribution in [0.1, 0.15) is 16.1 Å². The third kappa shape index (κ3) is 4.91. The number of para-hydroxylation sites is 2. The molecule has 0 saturated carbocycles. The van der Waals surface area contributed by atoms with Gasteiger partial charge in [0.2, 0.25) is 0 Å². The molecular formula is C27H22FN3O4. The lowest BCUT2D eigenvalue weighted by molar-refractivity contribution is -0.127. The highest BCUT2D eigenvalue weighted by Gasteiger charge is 2.35. The maximum atomic E-state index is 13.4. The van der Waals surface area contributed by atoms with E-state index >= 15 is 0 Å². The number of nitrogens with one attached hydrogen (secondary N) is 1. The van der Waals surface area contributed by atoms with Crippen LogP contribution in [0.2, 0.25) is 0 Å². The summed E-state index contributed by atoms with van der Waals surface area (Å²) >= 11 is 0. The van der Waals surface area contributed by atoms with Crippen LogP contribution in [0.25, 0.3) is 11.3 Å². The van der Waals surface area contributed by atoms with Gasteiger partial charge in [0, 0.05) is 18.2 Å². The Morgan fingerprint density at radius 3 is 2.54 bits per heavy atom. The lowest BCUT2D eigenvalue weighted by Gasteiger charge is -2.33. The molecular weight excluding hydrogens is 449 g/mol.